The molecule has 0 amide bonds. The van der Waals surface area contributed by atoms with Crippen molar-refractivity contribution in [2.75, 3.05) is 6.61 Å². The van der Waals surface area contributed by atoms with Crippen molar-refractivity contribution in [2.24, 2.45) is 5.41 Å². The van der Waals surface area contributed by atoms with Crippen LogP contribution in [-0.2, 0) is 9.63 Å². The standard InChI is InChI=1S/C19H14N2O6S/c22-17(12-3-7-20-8-4-12)15-10-28-16-9-13(1-2-14(15)16)27-18(23)19(5-6-19)11-26-21(24)25/h1-4,7-10H,5-6,11H2. The molecule has 0 N–H and O–H groups in total. The molecule has 1 saturated carbocycles. The molecular formula is C19H14N2O6S. The smallest absolute Gasteiger partial charge is 0.319 e. The Balaban J connectivity index is 1.53. The first-order chi connectivity index (χ1) is 13.5. The molecule has 0 radical (unpaired) electrons. The summed E-state index contributed by atoms with van der Waals surface area (Å²) in [5.41, 5.74) is 0.175. The molecule has 1 fully saturated rings. The Morgan fingerprint density at radius 3 is 2.64 bits per heavy atom. The number of thiophene rings is 1. The average Bonchev–Trinajstić information content (AvgIpc) is 3.39. The van der Waals surface area contributed by atoms with Gasteiger partial charge in [0.15, 0.2) is 5.78 Å². The van der Waals surface area contributed by atoms with E-state index in [9.17, 15) is 19.7 Å². The Hall–Kier alpha value is -3.33. The lowest BCUT2D eigenvalue weighted by molar-refractivity contribution is -0.759. The summed E-state index contributed by atoms with van der Waals surface area (Å²) >= 11 is 1.37. The number of fused-ring (bicyclic) bond motifs is 1. The van der Waals surface area contributed by atoms with Crippen molar-refractivity contribution in [1.29, 1.82) is 0 Å². The van der Waals surface area contributed by atoms with Gasteiger partial charge in [-0.3, -0.25) is 14.6 Å². The van der Waals surface area contributed by atoms with E-state index in [4.69, 9.17) is 4.74 Å². The van der Waals surface area contributed by atoms with Gasteiger partial charge in [-0.1, -0.05) is 0 Å². The molecule has 28 heavy (non-hydrogen) atoms. The Labute approximate surface area is 162 Å². The van der Waals surface area contributed by atoms with Crippen LogP contribution in [0.5, 0.6) is 5.75 Å². The maximum atomic E-state index is 12.7. The van der Waals surface area contributed by atoms with Crippen molar-refractivity contribution in [1.82, 2.24) is 4.98 Å². The fourth-order valence-electron chi connectivity index (χ4n) is 2.86. The van der Waals surface area contributed by atoms with Crippen LogP contribution in [0.3, 0.4) is 0 Å². The molecule has 0 unspecified atom stereocenters. The van der Waals surface area contributed by atoms with Crippen LogP contribution in [0.25, 0.3) is 10.1 Å². The van der Waals surface area contributed by atoms with Gasteiger partial charge in [-0.15, -0.1) is 21.5 Å². The van der Waals surface area contributed by atoms with Crippen LogP contribution in [0.1, 0.15) is 28.8 Å². The van der Waals surface area contributed by atoms with Gasteiger partial charge in [0.25, 0.3) is 5.09 Å². The molecule has 1 aliphatic rings. The highest BCUT2D eigenvalue weighted by atomic mass is 32.1. The number of ketones is 1. The van der Waals surface area contributed by atoms with Gasteiger partial charge in [0.1, 0.15) is 12.4 Å². The topological polar surface area (TPSA) is 109 Å². The lowest BCUT2D eigenvalue weighted by atomic mass is 10.0. The highest BCUT2D eigenvalue weighted by Gasteiger charge is 2.52. The molecule has 8 nitrogen and oxygen atoms in total. The summed E-state index contributed by atoms with van der Waals surface area (Å²) in [4.78, 5) is 43.7. The van der Waals surface area contributed by atoms with E-state index in [-0.39, 0.29) is 12.4 Å². The zero-order valence-corrected chi connectivity index (χ0v) is 15.3. The van der Waals surface area contributed by atoms with Crippen molar-refractivity contribution < 1.29 is 24.3 Å². The molecule has 142 valence electrons. The van der Waals surface area contributed by atoms with E-state index in [1.165, 1.54) is 11.3 Å². The summed E-state index contributed by atoms with van der Waals surface area (Å²) in [5, 5.41) is 12.0. The average molecular weight is 398 g/mol. The van der Waals surface area contributed by atoms with E-state index in [1.807, 2.05) is 0 Å². The van der Waals surface area contributed by atoms with Gasteiger partial charge >= 0.3 is 5.97 Å². The second-order valence-corrected chi connectivity index (χ2v) is 7.45. The predicted octanol–water partition coefficient (Wildman–Crippen LogP) is 3.42. The molecule has 3 aromatic rings. The fraction of sp³-hybridized carbons (Fsp3) is 0.211. The van der Waals surface area contributed by atoms with E-state index in [1.54, 1.807) is 48.1 Å². The zero-order valence-electron chi connectivity index (χ0n) is 14.5. The zero-order chi connectivity index (χ0) is 19.7. The van der Waals surface area contributed by atoms with E-state index < -0.39 is 16.5 Å². The number of nitrogens with zero attached hydrogens (tertiary/aromatic N) is 2. The number of ether oxygens (including phenoxy) is 1. The molecule has 0 saturated heterocycles. The minimum Gasteiger partial charge on any atom is -0.426 e. The number of esters is 1. The number of hydrogen-bond acceptors (Lipinski definition) is 8. The van der Waals surface area contributed by atoms with Gasteiger partial charge in [0.05, 0.1) is 5.41 Å². The molecular weight excluding hydrogens is 384 g/mol. The van der Waals surface area contributed by atoms with Crippen LogP contribution in [-0.4, -0.2) is 28.4 Å². The number of hydrogen-bond donors (Lipinski definition) is 0. The van der Waals surface area contributed by atoms with Crippen LogP contribution in [0.15, 0.2) is 48.1 Å². The van der Waals surface area contributed by atoms with Crippen LogP contribution in [0, 0.1) is 15.5 Å². The molecule has 2 aromatic heterocycles. The second kappa shape index (κ2) is 7.01. The fourth-order valence-corrected chi connectivity index (χ4v) is 3.82. The van der Waals surface area contributed by atoms with Crippen molar-refractivity contribution in [3.63, 3.8) is 0 Å². The number of carbonyl (C=O) groups is 2. The van der Waals surface area contributed by atoms with Gasteiger partial charge < -0.3 is 9.57 Å². The minimum absolute atomic E-state index is 0.104. The van der Waals surface area contributed by atoms with E-state index in [0.717, 1.165) is 10.1 Å². The lowest BCUT2D eigenvalue weighted by Gasteiger charge is -2.12. The Morgan fingerprint density at radius 1 is 1.21 bits per heavy atom. The normalized spacial score (nSPS) is 14.4. The van der Waals surface area contributed by atoms with Crippen molar-refractivity contribution in [3.05, 3.63) is 69.3 Å². The van der Waals surface area contributed by atoms with Crippen LogP contribution in [0.2, 0.25) is 0 Å². The van der Waals surface area contributed by atoms with Gasteiger partial charge in [0, 0.05) is 39.0 Å². The van der Waals surface area contributed by atoms with Gasteiger partial charge in [0.2, 0.25) is 0 Å². The SMILES string of the molecule is O=C(c1ccncc1)c1csc2cc(OC(=O)C3(CO[N+](=O)[O-])CC3)ccc12. The van der Waals surface area contributed by atoms with Crippen molar-refractivity contribution in [3.8, 4) is 5.75 Å². The first kappa shape index (κ1) is 18.1. The lowest BCUT2D eigenvalue weighted by Crippen LogP contribution is -2.27. The number of pyridine rings is 1. The van der Waals surface area contributed by atoms with Crippen LogP contribution >= 0.6 is 11.3 Å². The molecule has 2 heterocycles. The molecule has 9 heteroatoms. The molecule has 4 rings (SSSR count). The number of carbonyl (C=O) groups excluding carboxylic acids is 2. The highest BCUT2D eigenvalue weighted by molar-refractivity contribution is 7.17. The molecule has 0 atom stereocenters. The largest absolute Gasteiger partial charge is 0.426 e. The number of aromatic nitrogens is 1. The molecule has 1 aromatic carbocycles. The maximum Gasteiger partial charge on any atom is 0.319 e. The van der Waals surface area contributed by atoms with E-state index >= 15 is 0 Å². The summed E-state index contributed by atoms with van der Waals surface area (Å²) in [6.07, 6.45) is 4.11. The monoisotopic (exact) mass is 398 g/mol. The molecule has 0 bridgehead atoms. The molecule has 0 spiro atoms. The minimum atomic E-state index is -0.944. The maximum absolute atomic E-state index is 12.7. The third-order valence-corrected chi connectivity index (χ3v) is 5.62. The predicted molar refractivity (Wildman–Crippen MR) is 99.7 cm³/mol. The van der Waals surface area contributed by atoms with E-state index in [0.29, 0.717) is 29.7 Å². The third-order valence-electron chi connectivity index (χ3n) is 4.68. The summed E-state index contributed by atoms with van der Waals surface area (Å²) in [6, 6.07) is 8.34. The summed E-state index contributed by atoms with van der Waals surface area (Å²) in [7, 11) is 0. The summed E-state index contributed by atoms with van der Waals surface area (Å²) in [5.74, 6) is -0.319. The number of benzene rings is 1. The Bertz CT molecular complexity index is 1070. The van der Waals surface area contributed by atoms with Gasteiger partial charge in [-0.05, 0) is 43.2 Å². The van der Waals surface area contributed by atoms with Crippen LogP contribution in [0.4, 0.5) is 0 Å². The van der Waals surface area contributed by atoms with Crippen molar-refractivity contribution >= 4 is 33.2 Å². The summed E-state index contributed by atoms with van der Waals surface area (Å²) in [6.45, 7) is -0.301. The number of rotatable bonds is 7. The molecule has 1 aliphatic carbocycles. The van der Waals surface area contributed by atoms with Gasteiger partial charge in [-0.2, -0.15) is 0 Å². The Kier molecular flexibility index (Phi) is 4.52. The Morgan fingerprint density at radius 2 is 1.96 bits per heavy atom. The second-order valence-electron chi connectivity index (χ2n) is 6.54. The highest BCUT2D eigenvalue weighted by Crippen LogP contribution is 2.47. The summed E-state index contributed by atoms with van der Waals surface area (Å²) < 4.78 is 6.21. The first-order valence-electron chi connectivity index (χ1n) is 8.44. The van der Waals surface area contributed by atoms with Crippen molar-refractivity contribution in [2.45, 2.75) is 12.8 Å². The quantitative estimate of drug-likeness (QED) is 0.197. The third kappa shape index (κ3) is 3.44. The first-order valence-corrected chi connectivity index (χ1v) is 9.32. The molecule has 0 aliphatic heterocycles. The van der Waals surface area contributed by atoms with Crippen LogP contribution < -0.4 is 4.74 Å². The van der Waals surface area contributed by atoms with Gasteiger partial charge in [-0.25, -0.2) is 0 Å². The van der Waals surface area contributed by atoms with E-state index in [2.05, 4.69) is 9.82 Å².